The first-order valence-corrected chi connectivity index (χ1v) is 4.91. The Bertz CT molecular complexity index is 292. The second kappa shape index (κ2) is 5.23. The van der Waals surface area contributed by atoms with E-state index in [2.05, 4.69) is 22.6 Å². The van der Waals surface area contributed by atoms with Crippen molar-refractivity contribution in [2.75, 3.05) is 21.1 Å². The predicted octanol–water partition coefficient (Wildman–Crippen LogP) is 2.61. The van der Waals surface area contributed by atoms with Gasteiger partial charge in [-0.15, -0.1) is 0 Å². The highest BCUT2D eigenvalue weighted by atomic mass is 127. The molecule has 1 aromatic rings. The van der Waals surface area contributed by atoms with Gasteiger partial charge < -0.3 is 14.2 Å². The molecule has 0 saturated carbocycles. The summed E-state index contributed by atoms with van der Waals surface area (Å²) in [5.41, 5.74) is 0. The van der Waals surface area contributed by atoms with E-state index in [1.165, 1.54) is 14.2 Å². The Labute approximate surface area is 95.3 Å². The molecular formula is C9H10FIO3. The molecular weight excluding hydrogens is 302 g/mol. The van der Waals surface area contributed by atoms with E-state index in [9.17, 15) is 4.39 Å². The fourth-order valence-corrected chi connectivity index (χ4v) is 1.74. The number of alkyl halides is 1. The van der Waals surface area contributed by atoms with Gasteiger partial charge in [-0.1, -0.05) is 0 Å². The van der Waals surface area contributed by atoms with Crippen molar-refractivity contribution >= 4 is 22.6 Å². The molecule has 0 unspecified atom stereocenters. The number of rotatable bonds is 4. The average Bonchev–Trinajstić information content (AvgIpc) is 2.20. The minimum absolute atomic E-state index is 0.390. The van der Waals surface area contributed by atoms with Crippen LogP contribution in [0.4, 0.5) is 4.39 Å². The van der Waals surface area contributed by atoms with Crippen molar-refractivity contribution in [2.45, 2.75) is 0 Å². The van der Waals surface area contributed by atoms with Crippen molar-refractivity contribution in [3.05, 3.63) is 15.7 Å². The van der Waals surface area contributed by atoms with Crippen LogP contribution in [0.1, 0.15) is 0 Å². The molecule has 5 heteroatoms. The maximum absolute atomic E-state index is 11.9. The van der Waals surface area contributed by atoms with Crippen LogP contribution in [0.5, 0.6) is 17.2 Å². The normalized spacial score (nSPS) is 9.71. The number of halogens is 2. The summed E-state index contributed by atoms with van der Waals surface area (Å²) in [6.45, 7) is -0.868. The zero-order valence-corrected chi connectivity index (χ0v) is 10.00. The van der Waals surface area contributed by atoms with Gasteiger partial charge >= 0.3 is 0 Å². The van der Waals surface area contributed by atoms with Gasteiger partial charge in [-0.25, -0.2) is 4.39 Å². The molecule has 3 nitrogen and oxygen atoms in total. The summed E-state index contributed by atoms with van der Waals surface area (Å²) < 4.78 is 27.7. The van der Waals surface area contributed by atoms with Crippen molar-refractivity contribution in [3.63, 3.8) is 0 Å². The van der Waals surface area contributed by atoms with Crippen molar-refractivity contribution in [1.82, 2.24) is 0 Å². The van der Waals surface area contributed by atoms with Crippen molar-refractivity contribution < 1.29 is 18.6 Å². The first-order valence-electron chi connectivity index (χ1n) is 3.83. The molecule has 0 bridgehead atoms. The number of ether oxygens (including phenoxy) is 3. The molecule has 0 atom stereocenters. The predicted molar refractivity (Wildman–Crippen MR) is 58.9 cm³/mol. The summed E-state index contributed by atoms with van der Waals surface area (Å²) in [7, 11) is 3.08. The lowest BCUT2D eigenvalue weighted by Gasteiger charge is -2.10. The van der Waals surface area contributed by atoms with Crippen LogP contribution >= 0.6 is 22.6 Å². The SMILES string of the molecule is COc1cc(OCF)cc(OC)c1I. The third-order valence-corrected chi connectivity index (χ3v) is 2.70. The fourth-order valence-electron chi connectivity index (χ4n) is 0.992. The van der Waals surface area contributed by atoms with Crippen molar-refractivity contribution in [1.29, 1.82) is 0 Å². The molecule has 0 fully saturated rings. The Hall–Kier alpha value is -0.720. The first-order chi connectivity index (χ1) is 6.72. The fraction of sp³-hybridized carbons (Fsp3) is 0.333. The summed E-state index contributed by atoms with van der Waals surface area (Å²) in [5.74, 6) is 1.60. The van der Waals surface area contributed by atoms with Crippen LogP contribution < -0.4 is 14.2 Å². The van der Waals surface area contributed by atoms with E-state index in [0.717, 1.165) is 3.57 Å². The highest BCUT2D eigenvalue weighted by Gasteiger charge is 2.10. The Balaban J connectivity index is 3.11. The van der Waals surface area contributed by atoms with E-state index in [0.29, 0.717) is 17.2 Å². The summed E-state index contributed by atoms with van der Waals surface area (Å²) in [6, 6.07) is 3.23. The largest absolute Gasteiger partial charge is 0.495 e. The molecule has 0 aromatic heterocycles. The van der Waals surface area contributed by atoms with Gasteiger partial charge in [-0.2, -0.15) is 0 Å². The molecule has 1 rings (SSSR count). The molecule has 0 radical (unpaired) electrons. The average molecular weight is 312 g/mol. The molecule has 14 heavy (non-hydrogen) atoms. The number of hydrogen-bond donors (Lipinski definition) is 0. The summed E-state index contributed by atoms with van der Waals surface area (Å²) in [5, 5.41) is 0. The van der Waals surface area contributed by atoms with E-state index in [4.69, 9.17) is 14.2 Å². The van der Waals surface area contributed by atoms with Gasteiger partial charge in [0.1, 0.15) is 17.2 Å². The molecule has 0 N–H and O–H groups in total. The standard InChI is InChI=1S/C9H10FIO3/c1-12-7-3-6(14-5-10)4-8(13-2)9(7)11/h3-4H,5H2,1-2H3. The molecule has 0 spiro atoms. The highest BCUT2D eigenvalue weighted by Crippen LogP contribution is 2.34. The lowest BCUT2D eigenvalue weighted by molar-refractivity contribution is 0.190. The van der Waals surface area contributed by atoms with Crippen molar-refractivity contribution in [3.8, 4) is 17.2 Å². The molecule has 78 valence electrons. The molecule has 0 aliphatic rings. The van der Waals surface area contributed by atoms with Gasteiger partial charge in [0.05, 0.1) is 17.8 Å². The van der Waals surface area contributed by atoms with Crippen LogP contribution in [0, 0.1) is 3.57 Å². The van der Waals surface area contributed by atoms with E-state index in [-0.39, 0.29) is 0 Å². The molecule has 0 heterocycles. The molecule has 0 aliphatic carbocycles. The van der Waals surface area contributed by atoms with Gasteiger partial charge in [0.2, 0.25) is 6.86 Å². The summed E-state index contributed by atoms with van der Waals surface area (Å²) in [4.78, 5) is 0. The van der Waals surface area contributed by atoms with E-state index < -0.39 is 6.86 Å². The van der Waals surface area contributed by atoms with Gasteiger partial charge in [-0.05, 0) is 22.6 Å². The molecule has 0 amide bonds. The van der Waals surface area contributed by atoms with Crippen LogP contribution in [-0.4, -0.2) is 21.1 Å². The second-order valence-electron chi connectivity index (χ2n) is 2.40. The molecule has 0 saturated heterocycles. The number of benzene rings is 1. The number of methoxy groups -OCH3 is 2. The summed E-state index contributed by atoms with van der Waals surface area (Å²) in [6.07, 6.45) is 0. The van der Waals surface area contributed by atoms with E-state index in [1.54, 1.807) is 12.1 Å². The minimum atomic E-state index is -0.868. The second-order valence-corrected chi connectivity index (χ2v) is 3.47. The topological polar surface area (TPSA) is 27.7 Å². The monoisotopic (exact) mass is 312 g/mol. The Morgan fingerprint density at radius 2 is 1.71 bits per heavy atom. The van der Waals surface area contributed by atoms with E-state index in [1.807, 2.05) is 0 Å². The Morgan fingerprint density at radius 3 is 2.07 bits per heavy atom. The van der Waals surface area contributed by atoms with Crippen LogP contribution in [0.15, 0.2) is 12.1 Å². The van der Waals surface area contributed by atoms with Gasteiger partial charge in [-0.3, -0.25) is 0 Å². The smallest absolute Gasteiger partial charge is 0.228 e. The molecule has 1 aromatic carbocycles. The lowest BCUT2D eigenvalue weighted by Crippen LogP contribution is -1.96. The zero-order valence-electron chi connectivity index (χ0n) is 7.84. The van der Waals surface area contributed by atoms with Gasteiger partial charge in [0.25, 0.3) is 0 Å². The van der Waals surface area contributed by atoms with Crippen molar-refractivity contribution in [2.24, 2.45) is 0 Å². The molecule has 0 aliphatic heterocycles. The van der Waals surface area contributed by atoms with Gasteiger partial charge in [0.15, 0.2) is 0 Å². The Kier molecular flexibility index (Phi) is 4.24. The maximum atomic E-state index is 11.9. The lowest BCUT2D eigenvalue weighted by atomic mass is 10.3. The zero-order chi connectivity index (χ0) is 10.6. The van der Waals surface area contributed by atoms with Gasteiger partial charge in [0, 0.05) is 12.1 Å². The highest BCUT2D eigenvalue weighted by molar-refractivity contribution is 14.1. The van der Waals surface area contributed by atoms with Crippen LogP contribution in [0.25, 0.3) is 0 Å². The van der Waals surface area contributed by atoms with Crippen LogP contribution in [0.3, 0.4) is 0 Å². The minimum Gasteiger partial charge on any atom is -0.495 e. The summed E-state index contributed by atoms with van der Waals surface area (Å²) >= 11 is 2.09. The third-order valence-electron chi connectivity index (χ3n) is 1.64. The van der Waals surface area contributed by atoms with Crippen LogP contribution in [-0.2, 0) is 0 Å². The number of hydrogen-bond acceptors (Lipinski definition) is 3. The quantitative estimate of drug-likeness (QED) is 0.800. The third kappa shape index (κ3) is 2.40. The van der Waals surface area contributed by atoms with Crippen LogP contribution in [0.2, 0.25) is 0 Å². The maximum Gasteiger partial charge on any atom is 0.228 e. The van der Waals surface area contributed by atoms with E-state index >= 15 is 0 Å². The first kappa shape index (κ1) is 11.4. The Morgan fingerprint density at radius 1 is 1.21 bits per heavy atom.